The number of aromatic carboxylic acids is 1. The fourth-order valence-corrected chi connectivity index (χ4v) is 3.41. The maximum Gasteiger partial charge on any atom is 0.339 e. The van der Waals surface area contributed by atoms with E-state index in [1.54, 1.807) is 12.1 Å². The highest BCUT2D eigenvalue weighted by atomic mass is 16.4. The van der Waals surface area contributed by atoms with Crippen molar-refractivity contribution in [2.45, 2.75) is 89.9 Å². The molecule has 0 aliphatic carbocycles. The molecule has 0 bridgehead atoms. The Hall–Kier alpha value is -1.55. The van der Waals surface area contributed by atoms with Crippen LogP contribution in [0.25, 0.3) is 0 Å². The van der Waals surface area contributed by atoms with Crippen LogP contribution >= 0.6 is 0 Å². The van der Waals surface area contributed by atoms with Crippen LogP contribution < -0.4 is 0 Å². The van der Waals surface area contributed by atoms with Gasteiger partial charge in [-0.15, -0.1) is 0 Å². The molecule has 0 aliphatic rings. The number of carboxylic acids is 1. The molecule has 0 aromatic heterocycles. The summed E-state index contributed by atoms with van der Waals surface area (Å²) in [6.07, 6.45) is 16.5. The van der Waals surface area contributed by atoms with Crippen molar-refractivity contribution in [2.24, 2.45) is 0 Å². The number of unbranched alkanes of at least 4 members (excludes halogenated alkanes) is 12. The number of aliphatic hydroxyl groups excluding tert-OH is 1. The summed E-state index contributed by atoms with van der Waals surface area (Å²) in [7, 11) is 0. The molecule has 26 heavy (non-hydrogen) atoms. The Morgan fingerprint density at radius 1 is 0.731 bits per heavy atom. The average Bonchev–Trinajstić information content (AvgIpc) is 2.61. The van der Waals surface area contributed by atoms with E-state index in [-0.39, 0.29) is 11.3 Å². The van der Waals surface area contributed by atoms with Crippen molar-refractivity contribution in [1.29, 1.82) is 0 Å². The Balaban J connectivity index is 1.97. The second kappa shape index (κ2) is 14.6. The topological polar surface area (TPSA) is 77.8 Å². The zero-order valence-corrected chi connectivity index (χ0v) is 16.1. The van der Waals surface area contributed by atoms with E-state index in [4.69, 9.17) is 5.11 Å². The summed E-state index contributed by atoms with van der Waals surface area (Å²) in [4.78, 5) is 11.2. The Bertz CT molecular complexity index is 499. The number of aliphatic hydroxyl groups is 1. The second-order valence-corrected chi connectivity index (χ2v) is 7.19. The summed E-state index contributed by atoms with van der Waals surface area (Å²) in [5.41, 5.74) is 0.792. The fourth-order valence-electron chi connectivity index (χ4n) is 3.41. The largest absolute Gasteiger partial charge is 0.507 e. The Kier molecular flexibility index (Phi) is 12.6. The van der Waals surface area contributed by atoms with Gasteiger partial charge in [0.25, 0.3) is 0 Å². The lowest BCUT2D eigenvalue weighted by molar-refractivity contribution is 0.0692. The van der Waals surface area contributed by atoms with Crippen molar-refractivity contribution < 1.29 is 20.1 Å². The third-order valence-corrected chi connectivity index (χ3v) is 4.95. The number of rotatable bonds is 16. The maximum absolute atomic E-state index is 11.2. The molecule has 0 heterocycles. The molecule has 0 atom stereocenters. The molecular formula is C22H36O4. The lowest BCUT2D eigenvalue weighted by Gasteiger charge is -2.08. The zero-order chi connectivity index (χ0) is 19.0. The van der Waals surface area contributed by atoms with Crippen molar-refractivity contribution in [2.75, 3.05) is 6.61 Å². The van der Waals surface area contributed by atoms with E-state index < -0.39 is 5.97 Å². The number of hydrogen-bond donors (Lipinski definition) is 3. The van der Waals surface area contributed by atoms with Crippen LogP contribution in [0, 0.1) is 0 Å². The number of carbonyl (C=O) groups is 1. The smallest absolute Gasteiger partial charge is 0.339 e. The van der Waals surface area contributed by atoms with Gasteiger partial charge in [0.05, 0.1) is 0 Å². The standard InChI is InChI=1S/C22H36O4/c23-18-13-11-9-7-5-3-1-2-4-6-8-10-12-15-19-16-14-17-20(24)21(19)22(25)26/h14,16-17,23-24H,1-13,15,18H2,(H,25,26). The number of aromatic hydroxyl groups is 1. The molecule has 1 rings (SSSR count). The van der Waals surface area contributed by atoms with Crippen molar-refractivity contribution in [3.05, 3.63) is 29.3 Å². The van der Waals surface area contributed by atoms with Gasteiger partial charge in [0, 0.05) is 6.61 Å². The first-order valence-corrected chi connectivity index (χ1v) is 10.3. The number of carboxylic acid groups (broad SMARTS) is 1. The summed E-state index contributed by atoms with van der Waals surface area (Å²) in [6, 6.07) is 4.94. The molecule has 4 nitrogen and oxygen atoms in total. The molecule has 0 radical (unpaired) electrons. The highest BCUT2D eigenvalue weighted by molar-refractivity contribution is 5.92. The van der Waals surface area contributed by atoms with Crippen LogP contribution in [0.5, 0.6) is 5.75 Å². The molecule has 0 fully saturated rings. The number of aryl methyl sites for hydroxylation is 1. The van der Waals surface area contributed by atoms with E-state index in [9.17, 15) is 15.0 Å². The fraction of sp³-hybridized carbons (Fsp3) is 0.682. The van der Waals surface area contributed by atoms with Crippen molar-refractivity contribution in [3.8, 4) is 5.75 Å². The first kappa shape index (κ1) is 22.5. The van der Waals surface area contributed by atoms with E-state index in [1.807, 2.05) is 0 Å². The molecule has 0 saturated carbocycles. The Morgan fingerprint density at radius 3 is 1.65 bits per heavy atom. The quantitative estimate of drug-likeness (QED) is 0.329. The van der Waals surface area contributed by atoms with E-state index in [1.165, 1.54) is 63.9 Å². The van der Waals surface area contributed by atoms with Crippen LogP contribution in [-0.4, -0.2) is 27.9 Å². The molecule has 148 valence electrons. The van der Waals surface area contributed by atoms with Gasteiger partial charge < -0.3 is 15.3 Å². The van der Waals surface area contributed by atoms with Crippen LogP contribution in [0.2, 0.25) is 0 Å². The monoisotopic (exact) mass is 364 g/mol. The van der Waals surface area contributed by atoms with Crippen molar-refractivity contribution in [3.63, 3.8) is 0 Å². The molecule has 3 N–H and O–H groups in total. The van der Waals surface area contributed by atoms with Crippen LogP contribution in [0.1, 0.15) is 99.4 Å². The highest BCUT2D eigenvalue weighted by Crippen LogP contribution is 2.23. The van der Waals surface area contributed by atoms with Gasteiger partial charge in [-0.05, 0) is 30.9 Å². The van der Waals surface area contributed by atoms with Gasteiger partial charge in [-0.1, -0.05) is 82.8 Å². The van der Waals surface area contributed by atoms with Gasteiger partial charge in [0.1, 0.15) is 11.3 Å². The van der Waals surface area contributed by atoms with Crippen LogP contribution in [0.4, 0.5) is 0 Å². The van der Waals surface area contributed by atoms with Crippen molar-refractivity contribution in [1.82, 2.24) is 0 Å². The van der Waals surface area contributed by atoms with Crippen LogP contribution in [0.15, 0.2) is 18.2 Å². The molecule has 1 aromatic carbocycles. The van der Waals surface area contributed by atoms with Crippen molar-refractivity contribution >= 4 is 5.97 Å². The first-order chi connectivity index (χ1) is 12.7. The summed E-state index contributed by atoms with van der Waals surface area (Å²) in [6.45, 7) is 0.328. The normalized spacial score (nSPS) is 11.0. The van der Waals surface area contributed by atoms with Gasteiger partial charge >= 0.3 is 5.97 Å². The summed E-state index contributed by atoms with van der Waals surface area (Å²) >= 11 is 0. The minimum atomic E-state index is -1.05. The van der Waals surface area contributed by atoms with Crippen LogP contribution in [-0.2, 0) is 6.42 Å². The number of phenols is 1. The van der Waals surface area contributed by atoms with E-state index in [0.29, 0.717) is 13.0 Å². The van der Waals surface area contributed by atoms with Gasteiger partial charge in [-0.3, -0.25) is 0 Å². The SMILES string of the molecule is O=C(O)c1c(O)cccc1CCCCCCCCCCCCCCCO. The Labute approximate surface area is 158 Å². The third-order valence-electron chi connectivity index (χ3n) is 4.95. The van der Waals surface area contributed by atoms with E-state index >= 15 is 0 Å². The van der Waals surface area contributed by atoms with E-state index in [0.717, 1.165) is 31.2 Å². The molecule has 0 saturated heterocycles. The lowest BCUT2D eigenvalue weighted by atomic mass is 9.99. The molecule has 4 heteroatoms. The lowest BCUT2D eigenvalue weighted by Crippen LogP contribution is -2.03. The number of hydrogen-bond acceptors (Lipinski definition) is 3. The second-order valence-electron chi connectivity index (χ2n) is 7.19. The minimum absolute atomic E-state index is 0.0591. The average molecular weight is 365 g/mol. The maximum atomic E-state index is 11.2. The Morgan fingerprint density at radius 2 is 1.19 bits per heavy atom. The molecule has 0 spiro atoms. The summed E-state index contributed by atoms with van der Waals surface area (Å²) in [5.74, 6) is -1.19. The van der Waals surface area contributed by atoms with Gasteiger partial charge in [-0.2, -0.15) is 0 Å². The molecule has 1 aromatic rings. The zero-order valence-electron chi connectivity index (χ0n) is 16.1. The first-order valence-electron chi connectivity index (χ1n) is 10.3. The predicted molar refractivity (Wildman–Crippen MR) is 106 cm³/mol. The molecule has 0 unspecified atom stereocenters. The molecular weight excluding hydrogens is 328 g/mol. The summed E-state index contributed by atoms with van der Waals surface area (Å²) in [5, 5.41) is 27.6. The minimum Gasteiger partial charge on any atom is -0.507 e. The van der Waals surface area contributed by atoms with Crippen LogP contribution in [0.3, 0.4) is 0 Å². The van der Waals surface area contributed by atoms with E-state index in [2.05, 4.69) is 0 Å². The van der Waals surface area contributed by atoms with Gasteiger partial charge in [-0.25, -0.2) is 4.79 Å². The number of benzene rings is 1. The summed E-state index contributed by atoms with van der Waals surface area (Å²) < 4.78 is 0. The highest BCUT2D eigenvalue weighted by Gasteiger charge is 2.14. The third kappa shape index (κ3) is 9.81. The molecule has 0 amide bonds. The molecule has 0 aliphatic heterocycles. The predicted octanol–water partition coefficient (Wildman–Crippen LogP) is 5.70. The van der Waals surface area contributed by atoms with Gasteiger partial charge in [0.15, 0.2) is 0 Å². The van der Waals surface area contributed by atoms with Gasteiger partial charge in [0.2, 0.25) is 0 Å².